The Labute approximate surface area is 153 Å². The fourth-order valence-corrected chi connectivity index (χ4v) is 4.46. The quantitative estimate of drug-likeness (QED) is 0.589. The Bertz CT molecular complexity index is 748. The van der Waals surface area contributed by atoms with Crippen molar-refractivity contribution in [3.05, 3.63) is 58.4 Å². The van der Waals surface area contributed by atoms with Crippen LogP contribution < -0.4 is 0 Å². The Kier molecular flexibility index (Phi) is 4.70. The van der Waals surface area contributed by atoms with Gasteiger partial charge in [-0.15, -0.1) is 0 Å². The van der Waals surface area contributed by atoms with Gasteiger partial charge >= 0.3 is 0 Å². The minimum atomic E-state index is -0.0561. The largest absolute Gasteiger partial charge is 0.512 e. The molecule has 1 N–H and O–H groups in total. The van der Waals surface area contributed by atoms with Crippen LogP contribution in [0.5, 0.6) is 0 Å². The summed E-state index contributed by atoms with van der Waals surface area (Å²) in [5.41, 5.74) is 8.26. The highest BCUT2D eigenvalue weighted by molar-refractivity contribution is 5.73. The standard InChI is InChI=1S/C21H24O.C3H8/c1-5-15-9-17-10-21(14(4)22)11-19(21)20(17)13(3)18(15)8-12(2)16-6-7-16;1-3-2/h5,8-9,16,19,22H,1,4,6-7,10-11H2,2-3H3;3H2,1-2H3/b12-8+;. The van der Waals surface area contributed by atoms with Gasteiger partial charge in [0.25, 0.3) is 0 Å². The molecule has 1 nitrogen and oxygen atoms in total. The zero-order valence-corrected chi connectivity index (χ0v) is 16.3. The summed E-state index contributed by atoms with van der Waals surface area (Å²) in [7, 11) is 0. The monoisotopic (exact) mass is 336 g/mol. The average molecular weight is 337 g/mol. The molecule has 0 spiro atoms. The fourth-order valence-electron chi connectivity index (χ4n) is 4.46. The van der Waals surface area contributed by atoms with E-state index in [-0.39, 0.29) is 5.41 Å². The molecule has 0 aromatic heterocycles. The molecule has 0 bridgehead atoms. The number of hydrogen-bond donors (Lipinski definition) is 1. The van der Waals surface area contributed by atoms with E-state index in [2.05, 4.69) is 53.0 Å². The second-order valence-electron chi connectivity index (χ2n) is 8.19. The Morgan fingerprint density at radius 3 is 2.52 bits per heavy atom. The van der Waals surface area contributed by atoms with Crippen LogP contribution in [0, 0.1) is 18.3 Å². The highest BCUT2D eigenvalue weighted by Crippen LogP contribution is 2.70. The molecule has 1 aromatic rings. The van der Waals surface area contributed by atoms with Crippen LogP contribution in [0.1, 0.15) is 80.2 Å². The van der Waals surface area contributed by atoms with Crippen LogP contribution in [-0.4, -0.2) is 5.11 Å². The Morgan fingerprint density at radius 1 is 1.36 bits per heavy atom. The van der Waals surface area contributed by atoms with Gasteiger partial charge in [-0.2, -0.15) is 0 Å². The van der Waals surface area contributed by atoms with Gasteiger partial charge in [0.1, 0.15) is 0 Å². The number of aliphatic hydroxyl groups excluding tert-OH is 1. The van der Waals surface area contributed by atoms with Crippen molar-refractivity contribution >= 4 is 12.2 Å². The van der Waals surface area contributed by atoms with Gasteiger partial charge in [0.2, 0.25) is 0 Å². The van der Waals surface area contributed by atoms with E-state index < -0.39 is 0 Å². The van der Waals surface area contributed by atoms with Gasteiger partial charge in [-0.1, -0.05) is 57.2 Å². The highest BCUT2D eigenvalue weighted by Gasteiger charge is 2.62. The number of benzene rings is 1. The second kappa shape index (κ2) is 6.52. The topological polar surface area (TPSA) is 20.2 Å². The molecule has 1 aromatic carbocycles. The minimum Gasteiger partial charge on any atom is -0.512 e. The molecular weight excluding hydrogens is 304 g/mol. The van der Waals surface area contributed by atoms with Crippen LogP contribution in [0.15, 0.2) is 30.6 Å². The number of rotatable bonds is 4. The number of aliphatic hydroxyl groups is 1. The van der Waals surface area contributed by atoms with Crippen LogP contribution >= 0.6 is 0 Å². The van der Waals surface area contributed by atoms with E-state index in [1.165, 1.54) is 52.7 Å². The van der Waals surface area contributed by atoms with Gasteiger partial charge in [0.05, 0.1) is 5.76 Å². The predicted molar refractivity (Wildman–Crippen MR) is 109 cm³/mol. The van der Waals surface area contributed by atoms with E-state index >= 15 is 0 Å². The normalized spacial score (nSPS) is 26.2. The molecule has 1 heteroatoms. The molecule has 4 rings (SSSR count). The summed E-state index contributed by atoms with van der Waals surface area (Å²) in [6.07, 6.45) is 10.3. The third kappa shape index (κ3) is 2.99. The first-order chi connectivity index (χ1) is 11.9. The molecule has 0 saturated heterocycles. The van der Waals surface area contributed by atoms with Crippen LogP contribution in [-0.2, 0) is 6.42 Å². The predicted octanol–water partition coefficient (Wildman–Crippen LogP) is 6.97. The summed E-state index contributed by atoms with van der Waals surface area (Å²) in [6.45, 7) is 16.6. The van der Waals surface area contributed by atoms with E-state index in [4.69, 9.17) is 0 Å². The number of fused-ring (bicyclic) bond motifs is 3. The zero-order valence-electron chi connectivity index (χ0n) is 16.3. The van der Waals surface area contributed by atoms with Crippen LogP contribution in [0.2, 0.25) is 0 Å². The SMILES string of the molecule is C=Cc1cc2c(c(C)c1/C=C(\C)C1CC1)C1CC1(C(=C)O)C2.CCC. The van der Waals surface area contributed by atoms with Crippen molar-refractivity contribution in [2.75, 3.05) is 0 Å². The maximum atomic E-state index is 10.0. The minimum absolute atomic E-state index is 0.0561. The first-order valence-corrected chi connectivity index (χ1v) is 9.74. The van der Waals surface area contributed by atoms with Crippen LogP contribution in [0.3, 0.4) is 0 Å². The van der Waals surface area contributed by atoms with Crippen molar-refractivity contribution in [2.45, 2.75) is 65.7 Å². The van der Waals surface area contributed by atoms with Crippen molar-refractivity contribution in [3.8, 4) is 0 Å². The molecule has 0 heterocycles. The molecule has 0 radical (unpaired) electrons. The molecule has 2 atom stereocenters. The Morgan fingerprint density at radius 2 is 2.00 bits per heavy atom. The zero-order chi connectivity index (χ0) is 18.4. The lowest BCUT2D eigenvalue weighted by molar-refractivity contribution is 0.318. The molecule has 25 heavy (non-hydrogen) atoms. The molecule has 0 aliphatic heterocycles. The molecule has 2 unspecified atom stereocenters. The first-order valence-electron chi connectivity index (χ1n) is 9.74. The number of allylic oxidation sites excluding steroid dienone is 2. The van der Waals surface area contributed by atoms with Crippen LogP contribution in [0.25, 0.3) is 12.2 Å². The smallest absolute Gasteiger partial charge is 0.0922 e. The molecule has 3 aliphatic rings. The van der Waals surface area contributed by atoms with Gasteiger partial charge in [0, 0.05) is 5.41 Å². The summed E-state index contributed by atoms with van der Waals surface area (Å²) in [4.78, 5) is 0. The molecular formula is C24H32O. The van der Waals surface area contributed by atoms with Crippen molar-refractivity contribution in [3.63, 3.8) is 0 Å². The lowest BCUT2D eigenvalue weighted by Crippen LogP contribution is -2.04. The first kappa shape index (κ1) is 18.0. The third-order valence-corrected chi connectivity index (χ3v) is 6.11. The molecule has 134 valence electrons. The van der Waals surface area contributed by atoms with Gasteiger partial charge in [-0.25, -0.2) is 0 Å². The van der Waals surface area contributed by atoms with Gasteiger partial charge in [-0.05, 0) is 79.2 Å². The summed E-state index contributed by atoms with van der Waals surface area (Å²) in [5.74, 6) is 1.65. The van der Waals surface area contributed by atoms with Gasteiger partial charge in [0.15, 0.2) is 0 Å². The van der Waals surface area contributed by atoms with E-state index in [0.29, 0.717) is 11.7 Å². The van der Waals surface area contributed by atoms with Gasteiger partial charge < -0.3 is 5.11 Å². The lowest BCUT2D eigenvalue weighted by Gasteiger charge is -2.15. The van der Waals surface area contributed by atoms with E-state index in [1.807, 2.05) is 6.08 Å². The highest BCUT2D eigenvalue weighted by atomic mass is 16.3. The van der Waals surface area contributed by atoms with Crippen molar-refractivity contribution in [2.24, 2.45) is 11.3 Å². The second-order valence-corrected chi connectivity index (χ2v) is 8.19. The Hall–Kier alpha value is -1.76. The number of hydrogen-bond acceptors (Lipinski definition) is 1. The van der Waals surface area contributed by atoms with Crippen molar-refractivity contribution < 1.29 is 5.11 Å². The van der Waals surface area contributed by atoms with E-state index in [0.717, 1.165) is 18.8 Å². The third-order valence-electron chi connectivity index (χ3n) is 6.11. The lowest BCUT2D eigenvalue weighted by atomic mass is 9.90. The molecule has 0 amide bonds. The van der Waals surface area contributed by atoms with Crippen molar-refractivity contribution in [1.29, 1.82) is 0 Å². The van der Waals surface area contributed by atoms with Crippen molar-refractivity contribution in [1.82, 2.24) is 0 Å². The molecule has 2 fully saturated rings. The van der Waals surface area contributed by atoms with E-state index in [9.17, 15) is 5.11 Å². The van der Waals surface area contributed by atoms with Crippen LogP contribution in [0.4, 0.5) is 0 Å². The maximum absolute atomic E-state index is 10.0. The summed E-state index contributed by atoms with van der Waals surface area (Å²) in [5, 5.41) is 10.0. The summed E-state index contributed by atoms with van der Waals surface area (Å²) >= 11 is 0. The van der Waals surface area contributed by atoms with Gasteiger partial charge in [-0.3, -0.25) is 0 Å². The molecule has 3 aliphatic carbocycles. The molecule has 2 saturated carbocycles. The van der Waals surface area contributed by atoms with E-state index in [1.54, 1.807) is 0 Å². The fraction of sp³-hybridized carbons (Fsp3) is 0.500. The Balaban J connectivity index is 0.000000569. The summed E-state index contributed by atoms with van der Waals surface area (Å²) in [6, 6.07) is 2.29. The maximum Gasteiger partial charge on any atom is 0.0922 e. The average Bonchev–Trinajstić information content (AvgIpc) is 3.47. The summed E-state index contributed by atoms with van der Waals surface area (Å²) < 4.78 is 0.